The molecule has 2 atom stereocenters. The molecule has 2 nitrogen and oxygen atoms in total. The zero-order valence-electron chi connectivity index (χ0n) is 9.49. The molecule has 16 heavy (non-hydrogen) atoms. The van der Waals surface area contributed by atoms with Crippen molar-refractivity contribution in [1.82, 2.24) is 0 Å². The predicted octanol–water partition coefficient (Wildman–Crippen LogP) is 2.97. The van der Waals surface area contributed by atoms with E-state index in [9.17, 15) is 4.21 Å². The van der Waals surface area contributed by atoms with Gasteiger partial charge in [0.05, 0.1) is 10.8 Å². The molecule has 1 aromatic carbocycles. The van der Waals surface area contributed by atoms with Crippen LogP contribution < -0.4 is 5.73 Å². The third-order valence-corrected chi connectivity index (χ3v) is 4.03. The monoisotopic (exact) mass is 259 g/mol. The van der Waals surface area contributed by atoms with Crippen LogP contribution in [-0.2, 0) is 10.8 Å². The highest BCUT2D eigenvalue weighted by Crippen LogP contribution is 2.14. The normalized spacial score (nSPS) is 14.7. The van der Waals surface area contributed by atoms with Gasteiger partial charge in [-0.2, -0.15) is 0 Å². The second kappa shape index (κ2) is 7.05. The Bertz CT molecular complexity index is 337. The minimum atomic E-state index is -0.906. The fourth-order valence-electron chi connectivity index (χ4n) is 1.40. The van der Waals surface area contributed by atoms with Crippen molar-refractivity contribution in [1.29, 1.82) is 0 Å². The minimum Gasteiger partial charge on any atom is -0.328 e. The number of hydrogen-bond donors (Lipinski definition) is 1. The van der Waals surface area contributed by atoms with E-state index in [1.165, 1.54) is 0 Å². The molecule has 1 aromatic rings. The summed E-state index contributed by atoms with van der Waals surface area (Å²) in [6.45, 7) is 2.00. The Hall–Kier alpha value is -0.380. The van der Waals surface area contributed by atoms with Crippen molar-refractivity contribution >= 4 is 22.4 Å². The summed E-state index contributed by atoms with van der Waals surface area (Å²) in [5.74, 6) is 0.703. The van der Waals surface area contributed by atoms with Gasteiger partial charge in [0.2, 0.25) is 0 Å². The number of rotatable bonds is 6. The maximum absolute atomic E-state index is 11.8. The minimum absolute atomic E-state index is 0.240. The van der Waals surface area contributed by atoms with E-state index in [0.717, 1.165) is 24.2 Å². The molecule has 0 aromatic heterocycles. The lowest BCUT2D eigenvalue weighted by Gasteiger charge is -2.05. The first-order chi connectivity index (χ1) is 7.59. The standard InChI is InChI=1S/C12H18ClNOS/c1-10(14)4-2-3-9-16(15)12-7-5-11(13)6-8-12/h5-8,10H,2-4,9,14H2,1H3. The number of unbranched alkanes of at least 4 members (excludes halogenated alkanes) is 1. The van der Waals surface area contributed by atoms with Crippen LogP contribution in [0.4, 0.5) is 0 Å². The van der Waals surface area contributed by atoms with E-state index in [2.05, 4.69) is 0 Å². The van der Waals surface area contributed by atoms with E-state index < -0.39 is 10.8 Å². The molecule has 0 spiro atoms. The summed E-state index contributed by atoms with van der Waals surface area (Å²) in [6.07, 6.45) is 2.99. The van der Waals surface area contributed by atoms with Gasteiger partial charge >= 0.3 is 0 Å². The second-order valence-electron chi connectivity index (χ2n) is 3.98. The van der Waals surface area contributed by atoms with E-state index in [-0.39, 0.29) is 6.04 Å². The first-order valence-corrected chi connectivity index (χ1v) is 7.19. The maximum Gasteiger partial charge on any atom is 0.0529 e. The average Bonchev–Trinajstić information content (AvgIpc) is 2.25. The number of benzene rings is 1. The topological polar surface area (TPSA) is 43.1 Å². The van der Waals surface area contributed by atoms with Crippen LogP contribution in [0.2, 0.25) is 5.02 Å². The number of nitrogens with two attached hydrogens (primary N) is 1. The molecule has 0 saturated carbocycles. The zero-order chi connectivity index (χ0) is 12.0. The van der Waals surface area contributed by atoms with Crippen LogP contribution in [0.5, 0.6) is 0 Å². The van der Waals surface area contributed by atoms with E-state index in [1.807, 2.05) is 19.1 Å². The largest absolute Gasteiger partial charge is 0.328 e. The van der Waals surface area contributed by atoms with Crippen molar-refractivity contribution in [2.45, 2.75) is 37.1 Å². The van der Waals surface area contributed by atoms with Crippen molar-refractivity contribution in [3.8, 4) is 0 Å². The molecule has 0 aliphatic heterocycles. The van der Waals surface area contributed by atoms with Crippen LogP contribution >= 0.6 is 11.6 Å². The molecule has 2 unspecified atom stereocenters. The summed E-state index contributed by atoms with van der Waals surface area (Å²) >= 11 is 5.77. The molecule has 1 rings (SSSR count). The Morgan fingerprint density at radius 1 is 1.31 bits per heavy atom. The summed E-state index contributed by atoms with van der Waals surface area (Å²) in [6, 6.07) is 7.44. The smallest absolute Gasteiger partial charge is 0.0529 e. The van der Waals surface area contributed by atoms with Crippen molar-refractivity contribution in [3.63, 3.8) is 0 Å². The van der Waals surface area contributed by atoms with E-state index in [4.69, 9.17) is 17.3 Å². The van der Waals surface area contributed by atoms with Gasteiger partial charge in [-0.1, -0.05) is 18.0 Å². The molecule has 0 bridgehead atoms. The fourth-order valence-corrected chi connectivity index (χ4v) is 2.67. The summed E-state index contributed by atoms with van der Waals surface area (Å²) in [5, 5.41) is 0.678. The highest BCUT2D eigenvalue weighted by Gasteiger charge is 2.03. The molecule has 4 heteroatoms. The van der Waals surface area contributed by atoms with Crippen LogP contribution in [0.3, 0.4) is 0 Å². The molecule has 0 heterocycles. The molecule has 2 N–H and O–H groups in total. The molecule has 90 valence electrons. The maximum atomic E-state index is 11.8. The molecule has 0 radical (unpaired) electrons. The summed E-state index contributed by atoms with van der Waals surface area (Å²) in [7, 11) is -0.906. The van der Waals surface area contributed by atoms with Gasteiger partial charge in [-0.3, -0.25) is 4.21 Å². The van der Waals surface area contributed by atoms with Crippen LogP contribution in [0.25, 0.3) is 0 Å². The highest BCUT2D eigenvalue weighted by atomic mass is 35.5. The SMILES string of the molecule is CC(N)CCCCS(=O)c1ccc(Cl)cc1. The van der Waals surface area contributed by atoms with Gasteiger partial charge in [0.25, 0.3) is 0 Å². The molecule has 0 aliphatic rings. The quantitative estimate of drug-likeness (QED) is 0.799. The summed E-state index contributed by atoms with van der Waals surface area (Å²) in [4.78, 5) is 0.852. The van der Waals surface area contributed by atoms with Crippen molar-refractivity contribution in [3.05, 3.63) is 29.3 Å². The lowest BCUT2D eigenvalue weighted by molar-refractivity contribution is 0.613. The van der Waals surface area contributed by atoms with Crippen LogP contribution in [0.1, 0.15) is 26.2 Å². The van der Waals surface area contributed by atoms with E-state index >= 15 is 0 Å². The highest BCUT2D eigenvalue weighted by molar-refractivity contribution is 7.85. The van der Waals surface area contributed by atoms with Gasteiger partial charge in [-0.25, -0.2) is 0 Å². The third-order valence-electron chi connectivity index (χ3n) is 2.32. The Morgan fingerprint density at radius 3 is 2.50 bits per heavy atom. The van der Waals surface area contributed by atoms with Crippen molar-refractivity contribution in [2.75, 3.05) is 5.75 Å². The predicted molar refractivity (Wildman–Crippen MR) is 70.2 cm³/mol. The zero-order valence-corrected chi connectivity index (χ0v) is 11.1. The van der Waals surface area contributed by atoms with Gasteiger partial charge in [-0.05, 0) is 44.0 Å². The Morgan fingerprint density at radius 2 is 1.94 bits per heavy atom. The molecule has 0 saturated heterocycles. The first-order valence-electron chi connectivity index (χ1n) is 5.49. The van der Waals surface area contributed by atoms with Gasteiger partial charge in [0.1, 0.15) is 0 Å². The molecular weight excluding hydrogens is 242 g/mol. The Labute approximate surface area is 105 Å². The fraction of sp³-hybridized carbons (Fsp3) is 0.500. The second-order valence-corrected chi connectivity index (χ2v) is 5.98. The first kappa shape index (κ1) is 13.7. The Balaban J connectivity index is 2.32. The van der Waals surface area contributed by atoms with Gasteiger partial charge in [0.15, 0.2) is 0 Å². The van der Waals surface area contributed by atoms with Gasteiger partial charge in [-0.15, -0.1) is 0 Å². The molecular formula is C12H18ClNOS. The Kier molecular flexibility index (Phi) is 6.03. The molecule has 0 amide bonds. The van der Waals surface area contributed by atoms with E-state index in [1.54, 1.807) is 12.1 Å². The van der Waals surface area contributed by atoms with Crippen molar-refractivity contribution in [2.24, 2.45) is 5.73 Å². The van der Waals surface area contributed by atoms with Gasteiger partial charge < -0.3 is 5.73 Å². The molecule has 0 aliphatic carbocycles. The third kappa shape index (κ3) is 5.10. The van der Waals surface area contributed by atoms with Crippen LogP contribution in [0, 0.1) is 0 Å². The lowest BCUT2D eigenvalue weighted by Crippen LogP contribution is -2.14. The summed E-state index contributed by atoms with van der Waals surface area (Å²) < 4.78 is 11.8. The average molecular weight is 260 g/mol. The summed E-state index contributed by atoms with van der Waals surface area (Å²) in [5.41, 5.74) is 5.65. The number of hydrogen-bond acceptors (Lipinski definition) is 2. The van der Waals surface area contributed by atoms with E-state index in [0.29, 0.717) is 10.8 Å². The van der Waals surface area contributed by atoms with Crippen molar-refractivity contribution < 1.29 is 4.21 Å². The molecule has 0 fully saturated rings. The van der Waals surface area contributed by atoms with Crippen LogP contribution in [-0.4, -0.2) is 16.0 Å². The lowest BCUT2D eigenvalue weighted by atomic mass is 10.2. The van der Waals surface area contributed by atoms with Gasteiger partial charge in [0, 0.05) is 21.7 Å². The van der Waals surface area contributed by atoms with Crippen LogP contribution in [0.15, 0.2) is 29.2 Å². The number of halogens is 1.